The summed E-state index contributed by atoms with van der Waals surface area (Å²) in [4.78, 5) is 23.9. The van der Waals surface area contributed by atoms with E-state index in [2.05, 4.69) is 17.2 Å². The Balaban J connectivity index is 1.40. The van der Waals surface area contributed by atoms with Crippen molar-refractivity contribution in [2.24, 2.45) is 10.2 Å². The fourth-order valence-electron chi connectivity index (χ4n) is 3.92. The largest absolute Gasteiger partial charge is 0.297 e. The molecule has 1 aliphatic heterocycles. The molecule has 0 aliphatic carbocycles. The van der Waals surface area contributed by atoms with Gasteiger partial charge in [0.2, 0.25) is 0 Å². The first kappa shape index (κ1) is 23.4. The number of carbonyl (C=O) groups is 2. The number of unbranched alkanes of at least 4 members (excludes halogenated alkanes) is 14. The van der Waals surface area contributed by atoms with Crippen molar-refractivity contribution < 1.29 is 9.59 Å². The molecule has 0 saturated heterocycles. The summed E-state index contributed by atoms with van der Waals surface area (Å²) in [6.07, 6.45) is 20.4. The molecule has 0 saturated carbocycles. The van der Waals surface area contributed by atoms with Gasteiger partial charge < -0.3 is 0 Å². The van der Waals surface area contributed by atoms with Crippen molar-refractivity contribution in [2.45, 2.75) is 110 Å². The number of hydrogen-bond acceptors (Lipinski definition) is 3. The Morgan fingerprint density at radius 1 is 0.724 bits per heavy atom. The summed E-state index contributed by atoms with van der Waals surface area (Å²) in [6.45, 7) is 2.27. The van der Waals surface area contributed by atoms with Gasteiger partial charge >= 0.3 is 0 Å². The first-order chi connectivity index (χ1) is 14.2. The van der Waals surface area contributed by atoms with Crippen LogP contribution < -0.4 is 0 Å². The zero-order valence-electron chi connectivity index (χ0n) is 18.3. The summed E-state index contributed by atoms with van der Waals surface area (Å²) in [5.41, 5.74) is 1.63. The summed E-state index contributed by atoms with van der Waals surface area (Å²) < 4.78 is 0. The van der Waals surface area contributed by atoms with Crippen molar-refractivity contribution in [2.75, 3.05) is 0 Å². The molecule has 0 atom stereocenters. The average molecular weight is 399 g/mol. The Bertz CT molecular complexity index is 667. The third-order valence-electron chi connectivity index (χ3n) is 5.80. The van der Waals surface area contributed by atoms with Gasteiger partial charge in [0.1, 0.15) is 0 Å². The molecule has 2 rings (SSSR count). The smallest absolute Gasteiger partial charge is 0.294 e. The zero-order valence-corrected chi connectivity index (χ0v) is 18.3. The molecule has 160 valence electrons. The summed E-state index contributed by atoms with van der Waals surface area (Å²) in [6, 6.07) is 5.11. The average Bonchev–Trinajstić information content (AvgIpc) is 3.11. The normalized spacial score (nSPS) is 12.5. The van der Waals surface area contributed by atoms with Crippen molar-refractivity contribution in [1.29, 1.82) is 0 Å². The van der Waals surface area contributed by atoms with Gasteiger partial charge in [-0.15, -0.1) is 10.2 Å². The van der Waals surface area contributed by atoms with Crippen molar-refractivity contribution in [3.05, 3.63) is 29.3 Å². The third kappa shape index (κ3) is 9.01. The summed E-state index contributed by atoms with van der Waals surface area (Å²) in [5, 5.41) is 7.31. The molecule has 0 fully saturated rings. The molecule has 0 unspecified atom stereocenters. The number of hydrogen-bond donors (Lipinski definition) is 0. The quantitative estimate of drug-likeness (QED) is 0.195. The molecule has 0 aromatic heterocycles. The maximum absolute atomic E-state index is 12.3. The molecule has 1 aromatic rings. The molecule has 0 spiro atoms. The fourth-order valence-corrected chi connectivity index (χ4v) is 3.92. The van der Waals surface area contributed by atoms with Crippen LogP contribution in [0.2, 0.25) is 0 Å². The molecular weight excluding hydrogens is 360 g/mol. The zero-order chi connectivity index (χ0) is 20.7. The topological polar surface area (TPSA) is 58.9 Å². The van der Waals surface area contributed by atoms with Crippen molar-refractivity contribution in [3.63, 3.8) is 0 Å². The van der Waals surface area contributed by atoms with Crippen LogP contribution in [0, 0.1) is 0 Å². The van der Waals surface area contributed by atoms with Crippen LogP contribution in [0.15, 0.2) is 28.4 Å². The molecule has 4 nitrogen and oxygen atoms in total. The van der Waals surface area contributed by atoms with Gasteiger partial charge in [0.25, 0.3) is 5.91 Å². The number of benzene rings is 1. The van der Waals surface area contributed by atoms with Gasteiger partial charge in [0.15, 0.2) is 5.78 Å². The Morgan fingerprint density at radius 3 is 1.79 bits per heavy atom. The number of carbonyl (C=O) groups excluding carboxylic acids is 2. The van der Waals surface area contributed by atoms with E-state index in [1.54, 1.807) is 18.2 Å². The van der Waals surface area contributed by atoms with E-state index in [1.165, 1.54) is 83.5 Å². The number of ketones is 1. The molecule has 29 heavy (non-hydrogen) atoms. The molecule has 4 heteroatoms. The van der Waals surface area contributed by atoms with Crippen molar-refractivity contribution in [1.82, 2.24) is 0 Å². The van der Waals surface area contributed by atoms with Gasteiger partial charge in [-0.1, -0.05) is 96.8 Å². The summed E-state index contributed by atoms with van der Waals surface area (Å²) in [5.74, 6) is -0.233. The number of azo groups is 1. The first-order valence-corrected chi connectivity index (χ1v) is 11.9. The van der Waals surface area contributed by atoms with E-state index < -0.39 is 0 Å². The Morgan fingerprint density at radius 2 is 1.24 bits per heavy atom. The fraction of sp³-hybridized carbons (Fsp3) is 0.680. The number of nitrogens with zero attached hydrogens (tertiary/aromatic N) is 2. The predicted octanol–water partition coefficient (Wildman–Crippen LogP) is 8.37. The van der Waals surface area contributed by atoms with E-state index >= 15 is 0 Å². The lowest BCUT2D eigenvalue weighted by molar-refractivity contribution is 0.0979. The molecule has 0 N–H and O–H groups in total. The van der Waals surface area contributed by atoms with Crippen LogP contribution in [-0.4, -0.2) is 11.7 Å². The van der Waals surface area contributed by atoms with Gasteiger partial charge in [-0.2, -0.15) is 0 Å². The van der Waals surface area contributed by atoms with E-state index in [9.17, 15) is 9.59 Å². The van der Waals surface area contributed by atoms with Crippen molar-refractivity contribution >= 4 is 17.4 Å². The van der Waals surface area contributed by atoms with Crippen LogP contribution in [0.4, 0.5) is 5.69 Å². The molecule has 0 radical (unpaired) electrons. The Kier molecular flexibility index (Phi) is 11.5. The van der Waals surface area contributed by atoms with Gasteiger partial charge in [-0.25, -0.2) is 0 Å². The van der Waals surface area contributed by atoms with E-state index in [1.807, 2.05) is 0 Å². The number of Topliss-reactive ketones (excluding diaryl/α,β-unsaturated/α-hetero) is 1. The van der Waals surface area contributed by atoms with E-state index in [0.29, 0.717) is 23.2 Å². The van der Waals surface area contributed by atoms with Crippen molar-refractivity contribution in [3.8, 4) is 0 Å². The summed E-state index contributed by atoms with van der Waals surface area (Å²) >= 11 is 0. The Labute approximate surface area is 176 Å². The van der Waals surface area contributed by atoms with Crippen LogP contribution in [-0.2, 0) is 0 Å². The monoisotopic (exact) mass is 398 g/mol. The highest BCUT2D eigenvalue weighted by Gasteiger charge is 2.19. The molecule has 1 heterocycles. The summed E-state index contributed by atoms with van der Waals surface area (Å²) in [7, 11) is 0. The number of amides is 1. The van der Waals surface area contributed by atoms with Crippen LogP contribution in [0.25, 0.3) is 0 Å². The minimum Gasteiger partial charge on any atom is -0.294 e. The van der Waals surface area contributed by atoms with E-state index in [0.717, 1.165) is 12.8 Å². The molecule has 1 amide bonds. The first-order valence-electron chi connectivity index (χ1n) is 11.9. The van der Waals surface area contributed by atoms with Gasteiger partial charge in [0.05, 0.1) is 11.3 Å². The van der Waals surface area contributed by atoms with Crippen LogP contribution >= 0.6 is 0 Å². The van der Waals surface area contributed by atoms with Gasteiger partial charge in [0, 0.05) is 12.0 Å². The second kappa shape index (κ2) is 14.2. The third-order valence-corrected chi connectivity index (χ3v) is 5.80. The maximum Gasteiger partial charge on any atom is 0.297 e. The highest BCUT2D eigenvalue weighted by atomic mass is 16.2. The minimum atomic E-state index is -0.346. The Hall–Kier alpha value is -1.84. The number of rotatable bonds is 17. The van der Waals surface area contributed by atoms with Crippen LogP contribution in [0.1, 0.15) is 130 Å². The second-order valence-electron chi connectivity index (χ2n) is 8.36. The standard InChI is InChI=1S/C25H38N2O2/c1-2-3-4-5-6-7-8-9-10-11-12-13-14-15-16-17-24(28)21-18-19-23-22(20-21)25(29)27-26-23/h18-20H,2-17H2,1H3. The number of fused-ring (bicyclic) bond motifs is 1. The molecule has 1 aliphatic rings. The van der Waals surface area contributed by atoms with E-state index in [4.69, 9.17) is 0 Å². The SMILES string of the molecule is CCCCCCCCCCCCCCCCCC(=O)c1ccc2c(c1)C(=O)N=N2. The van der Waals surface area contributed by atoms with Gasteiger partial charge in [-0.3, -0.25) is 9.59 Å². The minimum absolute atomic E-state index is 0.113. The predicted molar refractivity (Wildman–Crippen MR) is 119 cm³/mol. The highest BCUT2D eigenvalue weighted by Crippen LogP contribution is 2.28. The lowest BCUT2D eigenvalue weighted by Gasteiger charge is -2.04. The van der Waals surface area contributed by atoms with Gasteiger partial charge in [-0.05, 0) is 24.6 Å². The molecule has 0 bridgehead atoms. The lowest BCUT2D eigenvalue weighted by Crippen LogP contribution is -2.01. The van der Waals surface area contributed by atoms with E-state index in [-0.39, 0.29) is 11.7 Å². The lowest BCUT2D eigenvalue weighted by atomic mass is 10.0. The highest BCUT2D eigenvalue weighted by molar-refractivity contribution is 6.05. The van der Waals surface area contributed by atoms with Crippen LogP contribution in [0.3, 0.4) is 0 Å². The van der Waals surface area contributed by atoms with Crippen LogP contribution in [0.5, 0.6) is 0 Å². The second-order valence-corrected chi connectivity index (χ2v) is 8.36. The molecular formula is C25H38N2O2. The molecule has 1 aromatic carbocycles. The maximum atomic E-state index is 12.3.